The second-order valence-electron chi connectivity index (χ2n) is 6.69. The molecule has 20 heavy (non-hydrogen) atoms. The number of aromatic nitrogens is 1. The topological polar surface area (TPSA) is 48.1 Å². The molecule has 1 aliphatic rings. The number of hydrogen-bond donors (Lipinski definition) is 1. The zero-order chi connectivity index (χ0) is 14.7. The van der Waals surface area contributed by atoms with Crippen molar-refractivity contribution in [2.45, 2.75) is 59.1 Å². The molecule has 0 radical (unpaired) electrons. The van der Waals surface area contributed by atoms with Crippen LogP contribution in [0.1, 0.15) is 58.7 Å². The van der Waals surface area contributed by atoms with Crippen LogP contribution in [-0.2, 0) is 0 Å². The van der Waals surface area contributed by atoms with Gasteiger partial charge < -0.3 is 10.5 Å². The lowest BCUT2D eigenvalue weighted by Crippen LogP contribution is -2.36. The molecule has 1 fully saturated rings. The van der Waals surface area contributed by atoms with Gasteiger partial charge in [-0.3, -0.25) is 4.98 Å². The van der Waals surface area contributed by atoms with Crippen LogP contribution in [0.3, 0.4) is 0 Å². The molecule has 0 spiro atoms. The summed E-state index contributed by atoms with van der Waals surface area (Å²) in [6, 6.07) is 3.95. The minimum Gasteiger partial charge on any atom is -0.489 e. The van der Waals surface area contributed by atoms with E-state index in [9.17, 15) is 0 Å². The second-order valence-corrected chi connectivity index (χ2v) is 6.69. The minimum absolute atomic E-state index is 0.0258. The molecule has 1 aromatic heterocycles. The molecule has 3 nitrogen and oxygen atoms in total. The fraction of sp³-hybridized carbons (Fsp3) is 0.706. The highest BCUT2D eigenvalue weighted by Gasteiger charge is 2.32. The third-order valence-corrected chi connectivity index (χ3v) is 4.47. The largest absolute Gasteiger partial charge is 0.489 e. The lowest BCUT2D eigenvalue weighted by molar-refractivity contribution is 0.0457. The summed E-state index contributed by atoms with van der Waals surface area (Å²) in [4.78, 5) is 4.38. The summed E-state index contributed by atoms with van der Waals surface area (Å²) in [5.74, 6) is 2.95. The van der Waals surface area contributed by atoms with Crippen molar-refractivity contribution in [2.24, 2.45) is 23.5 Å². The lowest BCUT2D eigenvalue weighted by Gasteiger charge is -2.37. The van der Waals surface area contributed by atoms with E-state index in [1.807, 2.05) is 25.3 Å². The molecule has 0 aliphatic heterocycles. The van der Waals surface area contributed by atoms with E-state index < -0.39 is 0 Å². The smallest absolute Gasteiger partial charge is 0.138 e. The van der Waals surface area contributed by atoms with E-state index in [2.05, 4.69) is 25.8 Å². The molecule has 1 heterocycles. The summed E-state index contributed by atoms with van der Waals surface area (Å²) in [5, 5.41) is 0. The quantitative estimate of drug-likeness (QED) is 0.906. The van der Waals surface area contributed by atoms with Gasteiger partial charge in [-0.15, -0.1) is 0 Å². The molecular formula is C17H28N2O. The number of pyridine rings is 1. The number of hydrogen-bond acceptors (Lipinski definition) is 3. The zero-order valence-electron chi connectivity index (χ0n) is 13.2. The van der Waals surface area contributed by atoms with Crippen LogP contribution < -0.4 is 10.5 Å². The van der Waals surface area contributed by atoms with Gasteiger partial charge in [0.25, 0.3) is 0 Å². The van der Waals surface area contributed by atoms with Crippen LogP contribution in [0.2, 0.25) is 0 Å². The van der Waals surface area contributed by atoms with Gasteiger partial charge in [-0.2, -0.15) is 0 Å². The molecule has 2 rings (SSSR count). The highest BCUT2D eigenvalue weighted by atomic mass is 16.5. The Kier molecular flexibility index (Phi) is 5.03. The number of ether oxygens (including phenoxy) is 1. The Labute approximate surface area is 122 Å². The van der Waals surface area contributed by atoms with Crippen LogP contribution in [0.5, 0.6) is 5.75 Å². The van der Waals surface area contributed by atoms with Gasteiger partial charge in [0.05, 0.1) is 11.9 Å². The Balaban J connectivity index is 2.05. The molecule has 2 N–H and O–H groups in total. The standard InChI is InChI=1S/C17H28N2O/c1-11(2)15-7-5-12(3)9-17(15)20-14-6-8-16(13(4)18)19-10-14/h6,8,10-13,15,17H,5,7,9,18H2,1-4H3/t12?,13-,15?,17?/m0/s1. The Morgan fingerprint density at radius 1 is 1.25 bits per heavy atom. The van der Waals surface area contributed by atoms with Gasteiger partial charge in [0.2, 0.25) is 0 Å². The van der Waals surface area contributed by atoms with Crippen LogP contribution in [-0.4, -0.2) is 11.1 Å². The molecule has 4 atom stereocenters. The highest BCUT2D eigenvalue weighted by Crippen LogP contribution is 2.35. The van der Waals surface area contributed by atoms with E-state index in [0.717, 1.165) is 23.8 Å². The van der Waals surface area contributed by atoms with Gasteiger partial charge in [-0.1, -0.05) is 27.2 Å². The molecule has 3 unspecified atom stereocenters. The van der Waals surface area contributed by atoms with E-state index >= 15 is 0 Å². The maximum absolute atomic E-state index is 6.23. The number of nitrogens with zero attached hydrogens (tertiary/aromatic N) is 1. The maximum atomic E-state index is 6.23. The molecule has 1 aromatic rings. The molecule has 3 heteroatoms. The van der Waals surface area contributed by atoms with Crippen LogP contribution >= 0.6 is 0 Å². The molecule has 1 saturated carbocycles. The third-order valence-electron chi connectivity index (χ3n) is 4.47. The molecule has 0 amide bonds. The van der Waals surface area contributed by atoms with Gasteiger partial charge >= 0.3 is 0 Å². The van der Waals surface area contributed by atoms with Crippen LogP contribution in [0, 0.1) is 17.8 Å². The van der Waals surface area contributed by atoms with E-state index in [-0.39, 0.29) is 6.04 Å². The maximum Gasteiger partial charge on any atom is 0.138 e. The first-order valence-corrected chi connectivity index (χ1v) is 7.85. The average molecular weight is 276 g/mol. The summed E-state index contributed by atoms with van der Waals surface area (Å²) >= 11 is 0. The third kappa shape index (κ3) is 3.72. The average Bonchev–Trinajstić information content (AvgIpc) is 2.39. The summed E-state index contributed by atoms with van der Waals surface area (Å²) in [5.41, 5.74) is 6.74. The van der Waals surface area contributed by atoms with Crippen molar-refractivity contribution in [3.8, 4) is 5.75 Å². The number of rotatable bonds is 4. The SMILES string of the molecule is CC1CCC(C(C)C)C(Oc2ccc([C@H](C)N)nc2)C1. The van der Waals surface area contributed by atoms with Gasteiger partial charge in [0, 0.05) is 6.04 Å². The molecule has 0 bridgehead atoms. The van der Waals surface area contributed by atoms with E-state index in [1.165, 1.54) is 12.8 Å². The Bertz CT molecular complexity index is 414. The fourth-order valence-corrected chi connectivity index (χ4v) is 3.16. The van der Waals surface area contributed by atoms with Crippen molar-refractivity contribution < 1.29 is 4.74 Å². The normalized spacial score (nSPS) is 28.4. The first-order chi connectivity index (χ1) is 9.47. The van der Waals surface area contributed by atoms with E-state index in [4.69, 9.17) is 10.5 Å². The van der Waals surface area contributed by atoms with Crippen LogP contribution in [0.25, 0.3) is 0 Å². The van der Waals surface area contributed by atoms with E-state index in [0.29, 0.717) is 17.9 Å². The van der Waals surface area contributed by atoms with Gasteiger partial charge in [-0.25, -0.2) is 0 Å². The molecular weight excluding hydrogens is 248 g/mol. The Morgan fingerprint density at radius 3 is 2.55 bits per heavy atom. The van der Waals surface area contributed by atoms with Crippen molar-refractivity contribution in [1.82, 2.24) is 4.98 Å². The van der Waals surface area contributed by atoms with Gasteiger partial charge in [0.1, 0.15) is 11.9 Å². The molecule has 112 valence electrons. The van der Waals surface area contributed by atoms with E-state index in [1.54, 1.807) is 0 Å². The fourth-order valence-electron chi connectivity index (χ4n) is 3.16. The second kappa shape index (κ2) is 6.57. The van der Waals surface area contributed by atoms with Crippen molar-refractivity contribution in [2.75, 3.05) is 0 Å². The minimum atomic E-state index is -0.0258. The van der Waals surface area contributed by atoms with Crippen molar-refractivity contribution in [1.29, 1.82) is 0 Å². The Morgan fingerprint density at radius 2 is 2.00 bits per heavy atom. The van der Waals surface area contributed by atoms with Gasteiger partial charge in [-0.05, 0) is 49.7 Å². The van der Waals surface area contributed by atoms with Crippen LogP contribution in [0.4, 0.5) is 0 Å². The zero-order valence-corrected chi connectivity index (χ0v) is 13.2. The molecule has 0 aromatic carbocycles. The molecule has 0 saturated heterocycles. The summed E-state index contributed by atoms with van der Waals surface area (Å²) in [7, 11) is 0. The lowest BCUT2D eigenvalue weighted by atomic mass is 9.75. The monoisotopic (exact) mass is 276 g/mol. The first kappa shape index (κ1) is 15.3. The number of nitrogens with two attached hydrogens (primary N) is 1. The first-order valence-electron chi connectivity index (χ1n) is 7.85. The van der Waals surface area contributed by atoms with Gasteiger partial charge in [0.15, 0.2) is 0 Å². The Hall–Kier alpha value is -1.09. The van der Waals surface area contributed by atoms with Crippen molar-refractivity contribution in [3.63, 3.8) is 0 Å². The molecule has 1 aliphatic carbocycles. The predicted molar refractivity (Wildman–Crippen MR) is 82.6 cm³/mol. The summed E-state index contributed by atoms with van der Waals surface area (Å²) in [6.45, 7) is 8.87. The van der Waals surface area contributed by atoms with Crippen molar-refractivity contribution in [3.05, 3.63) is 24.0 Å². The van der Waals surface area contributed by atoms with Crippen molar-refractivity contribution >= 4 is 0 Å². The summed E-state index contributed by atoms with van der Waals surface area (Å²) < 4.78 is 6.23. The van der Waals surface area contributed by atoms with Crippen LogP contribution in [0.15, 0.2) is 18.3 Å². The predicted octanol–water partition coefficient (Wildman–Crippen LogP) is 3.94. The summed E-state index contributed by atoms with van der Waals surface area (Å²) in [6.07, 6.45) is 5.88. The highest BCUT2D eigenvalue weighted by molar-refractivity contribution is 5.21.